The number of rotatable bonds is 5. The lowest BCUT2D eigenvalue weighted by atomic mass is 10.1. The molecule has 0 bridgehead atoms. The third-order valence-corrected chi connectivity index (χ3v) is 1.77. The zero-order valence-electron chi connectivity index (χ0n) is 8.04. The minimum absolute atomic E-state index is 0.290. The Morgan fingerprint density at radius 2 is 1.69 bits per heavy atom. The Bertz CT molecular complexity index is 405. The molecule has 0 aliphatic carbocycles. The van der Waals surface area contributed by atoms with E-state index in [4.69, 9.17) is 14.9 Å². The van der Waals surface area contributed by atoms with Gasteiger partial charge in [0.25, 0.3) is 0 Å². The molecule has 0 radical (unpaired) electrons. The van der Waals surface area contributed by atoms with Crippen LogP contribution in [0.5, 0.6) is 5.75 Å². The Labute approximate surface area is 90.1 Å². The lowest BCUT2D eigenvalue weighted by Gasteiger charge is -2.09. The number of hydrogen-bond donors (Lipinski definition) is 2. The molecule has 84 valence electrons. The van der Waals surface area contributed by atoms with Crippen molar-refractivity contribution in [3.05, 3.63) is 29.3 Å². The molecule has 1 rings (SSSR count). The fraction of sp³-hybridized carbons (Fsp3) is 0.100. The molecule has 0 aromatic heterocycles. The number of aldehydes is 1. The smallest absolute Gasteiger partial charge is 0.339 e. The van der Waals surface area contributed by atoms with Crippen LogP contribution in [0.2, 0.25) is 0 Å². The van der Waals surface area contributed by atoms with E-state index in [9.17, 15) is 14.4 Å². The van der Waals surface area contributed by atoms with Crippen molar-refractivity contribution in [2.45, 2.75) is 0 Å². The highest BCUT2D eigenvalue weighted by atomic mass is 16.5. The van der Waals surface area contributed by atoms with Crippen molar-refractivity contribution in [1.82, 2.24) is 0 Å². The molecular formula is C10H8O6. The molecule has 0 unspecified atom stereocenters. The minimum Gasteiger partial charge on any atom is -0.484 e. The first-order chi connectivity index (χ1) is 7.57. The Kier molecular flexibility index (Phi) is 3.60. The molecule has 16 heavy (non-hydrogen) atoms. The van der Waals surface area contributed by atoms with Crippen LogP contribution >= 0.6 is 0 Å². The molecule has 0 atom stereocenters. The highest BCUT2D eigenvalue weighted by molar-refractivity contribution is 5.98. The SMILES string of the molecule is O=CCOc1c(C(=O)O)cccc1C(=O)O. The van der Waals surface area contributed by atoms with Crippen LogP contribution in [0.1, 0.15) is 20.7 Å². The van der Waals surface area contributed by atoms with Crippen molar-refractivity contribution < 1.29 is 29.3 Å². The number of carbonyl (C=O) groups excluding carboxylic acids is 1. The van der Waals surface area contributed by atoms with Crippen molar-refractivity contribution in [3.63, 3.8) is 0 Å². The average Bonchev–Trinajstić information content (AvgIpc) is 2.25. The Morgan fingerprint density at radius 3 is 2.06 bits per heavy atom. The summed E-state index contributed by atoms with van der Waals surface area (Å²) in [5.74, 6) is -2.94. The zero-order chi connectivity index (χ0) is 12.1. The van der Waals surface area contributed by atoms with Gasteiger partial charge in [-0.2, -0.15) is 0 Å². The molecule has 1 aromatic rings. The summed E-state index contributed by atoms with van der Waals surface area (Å²) < 4.78 is 4.81. The second-order valence-electron chi connectivity index (χ2n) is 2.77. The summed E-state index contributed by atoms with van der Waals surface area (Å²) in [5.41, 5.74) is -0.580. The Morgan fingerprint density at radius 1 is 1.19 bits per heavy atom. The summed E-state index contributed by atoms with van der Waals surface area (Å²) in [6.07, 6.45) is 0.407. The average molecular weight is 224 g/mol. The van der Waals surface area contributed by atoms with Gasteiger partial charge < -0.3 is 14.9 Å². The third kappa shape index (κ3) is 2.35. The van der Waals surface area contributed by atoms with Gasteiger partial charge in [-0.25, -0.2) is 9.59 Å². The molecule has 0 heterocycles. The van der Waals surface area contributed by atoms with Gasteiger partial charge in [0.1, 0.15) is 23.5 Å². The van der Waals surface area contributed by atoms with Crippen LogP contribution in [0.3, 0.4) is 0 Å². The number of aromatic carboxylic acids is 2. The molecule has 1 aromatic carbocycles. The molecule has 6 nitrogen and oxygen atoms in total. The van der Waals surface area contributed by atoms with Crippen molar-refractivity contribution >= 4 is 18.2 Å². The first kappa shape index (κ1) is 11.7. The number of ether oxygens (including phenoxy) is 1. The second-order valence-corrected chi connectivity index (χ2v) is 2.77. The molecule has 2 N–H and O–H groups in total. The van der Waals surface area contributed by atoms with Crippen molar-refractivity contribution in [1.29, 1.82) is 0 Å². The number of para-hydroxylation sites is 1. The molecule has 0 fully saturated rings. The van der Waals surface area contributed by atoms with E-state index in [2.05, 4.69) is 0 Å². The maximum atomic E-state index is 10.8. The molecule has 0 saturated heterocycles. The number of carboxylic acid groups (broad SMARTS) is 2. The van der Waals surface area contributed by atoms with Crippen LogP contribution in [0.15, 0.2) is 18.2 Å². The van der Waals surface area contributed by atoms with Gasteiger partial charge in [0.2, 0.25) is 0 Å². The normalized spacial score (nSPS) is 9.50. The van der Waals surface area contributed by atoms with Crippen LogP contribution in [0.25, 0.3) is 0 Å². The molecule has 0 aliphatic rings. The van der Waals surface area contributed by atoms with Crippen LogP contribution in [0.4, 0.5) is 0 Å². The summed E-state index contributed by atoms with van der Waals surface area (Å²) in [6.45, 7) is -0.398. The standard InChI is InChI=1S/C10H8O6/c11-4-5-16-8-6(9(12)13)2-1-3-7(8)10(14)15/h1-4H,5H2,(H,12,13)(H,14,15). The predicted octanol–water partition coefficient (Wildman–Crippen LogP) is 0.661. The van der Waals surface area contributed by atoms with Gasteiger partial charge in [-0.3, -0.25) is 4.79 Å². The maximum absolute atomic E-state index is 10.8. The van der Waals surface area contributed by atoms with Gasteiger partial charge in [0.15, 0.2) is 6.29 Å². The number of hydrogen-bond acceptors (Lipinski definition) is 4. The highest BCUT2D eigenvalue weighted by Crippen LogP contribution is 2.24. The maximum Gasteiger partial charge on any atom is 0.339 e. The third-order valence-electron chi connectivity index (χ3n) is 1.77. The molecule has 0 spiro atoms. The van der Waals surface area contributed by atoms with E-state index >= 15 is 0 Å². The summed E-state index contributed by atoms with van der Waals surface area (Å²) in [7, 11) is 0. The van der Waals surface area contributed by atoms with Crippen LogP contribution in [-0.4, -0.2) is 35.0 Å². The van der Waals surface area contributed by atoms with E-state index in [1.807, 2.05) is 0 Å². The largest absolute Gasteiger partial charge is 0.484 e. The van der Waals surface area contributed by atoms with Gasteiger partial charge in [-0.1, -0.05) is 6.07 Å². The molecular weight excluding hydrogens is 216 g/mol. The summed E-state index contributed by atoms with van der Waals surface area (Å²) in [4.78, 5) is 31.7. The van der Waals surface area contributed by atoms with Crippen LogP contribution < -0.4 is 4.74 Å². The van der Waals surface area contributed by atoms with Gasteiger partial charge >= 0.3 is 11.9 Å². The number of carbonyl (C=O) groups is 3. The zero-order valence-corrected chi connectivity index (χ0v) is 8.04. The number of benzene rings is 1. The second kappa shape index (κ2) is 4.92. The molecule has 0 amide bonds. The van der Waals surface area contributed by atoms with Crippen molar-refractivity contribution in [2.75, 3.05) is 6.61 Å². The van der Waals surface area contributed by atoms with E-state index in [0.29, 0.717) is 6.29 Å². The van der Waals surface area contributed by atoms with Gasteiger partial charge in [-0.15, -0.1) is 0 Å². The van der Waals surface area contributed by atoms with Crippen molar-refractivity contribution in [2.24, 2.45) is 0 Å². The van der Waals surface area contributed by atoms with E-state index in [-0.39, 0.29) is 16.9 Å². The van der Waals surface area contributed by atoms with Gasteiger partial charge in [-0.05, 0) is 12.1 Å². The molecule has 0 saturated carbocycles. The van der Waals surface area contributed by atoms with E-state index in [0.717, 1.165) is 0 Å². The van der Waals surface area contributed by atoms with E-state index in [1.165, 1.54) is 18.2 Å². The van der Waals surface area contributed by atoms with Gasteiger partial charge in [0.05, 0.1) is 0 Å². The fourth-order valence-electron chi connectivity index (χ4n) is 1.15. The highest BCUT2D eigenvalue weighted by Gasteiger charge is 2.19. The lowest BCUT2D eigenvalue weighted by Crippen LogP contribution is -2.10. The van der Waals surface area contributed by atoms with Crippen LogP contribution in [0, 0.1) is 0 Å². The van der Waals surface area contributed by atoms with E-state index in [1.54, 1.807) is 0 Å². The minimum atomic E-state index is -1.32. The predicted molar refractivity (Wildman–Crippen MR) is 51.9 cm³/mol. The van der Waals surface area contributed by atoms with Crippen LogP contribution in [-0.2, 0) is 4.79 Å². The number of carboxylic acids is 2. The monoisotopic (exact) mass is 224 g/mol. The topological polar surface area (TPSA) is 101 Å². The molecule has 0 aliphatic heterocycles. The summed E-state index contributed by atoms with van der Waals surface area (Å²) in [5, 5.41) is 17.6. The van der Waals surface area contributed by atoms with E-state index < -0.39 is 18.5 Å². The van der Waals surface area contributed by atoms with Gasteiger partial charge in [0, 0.05) is 0 Å². The van der Waals surface area contributed by atoms with Crippen molar-refractivity contribution in [3.8, 4) is 5.75 Å². The first-order valence-electron chi connectivity index (χ1n) is 4.24. The quantitative estimate of drug-likeness (QED) is 0.712. The Balaban J connectivity index is 3.28. The first-order valence-corrected chi connectivity index (χ1v) is 4.24. The Hall–Kier alpha value is -2.37. The fourth-order valence-corrected chi connectivity index (χ4v) is 1.15. The summed E-state index contributed by atoms with van der Waals surface area (Å²) >= 11 is 0. The lowest BCUT2D eigenvalue weighted by molar-refractivity contribution is -0.109. The summed E-state index contributed by atoms with van der Waals surface area (Å²) in [6, 6.07) is 3.70. The molecule has 6 heteroatoms.